The molecule has 2 N–H and O–H groups in total. The summed E-state index contributed by atoms with van der Waals surface area (Å²) >= 11 is 5.89. The highest BCUT2D eigenvalue weighted by molar-refractivity contribution is 6.32. The zero-order valence-corrected chi connectivity index (χ0v) is 14.1. The Morgan fingerprint density at radius 3 is 3.00 bits per heavy atom. The second kappa shape index (κ2) is 6.39. The van der Waals surface area contributed by atoms with Crippen molar-refractivity contribution in [1.82, 2.24) is 15.2 Å². The number of anilines is 1. The summed E-state index contributed by atoms with van der Waals surface area (Å²) in [6.45, 7) is 1.63. The normalized spacial score (nSPS) is 26.6. The van der Waals surface area contributed by atoms with Gasteiger partial charge in [0.25, 0.3) is 5.91 Å². The van der Waals surface area contributed by atoms with Gasteiger partial charge >= 0.3 is 6.03 Å². The van der Waals surface area contributed by atoms with Crippen LogP contribution in [0.2, 0.25) is 5.15 Å². The van der Waals surface area contributed by atoms with Crippen LogP contribution in [0.25, 0.3) is 0 Å². The Morgan fingerprint density at radius 1 is 1.50 bits per heavy atom. The summed E-state index contributed by atoms with van der Waals surface area (Å²) in [5, 5.41) is 5.55. The largest absolute Gasteiger partial charge is 0.325 e. The predicted octanol–water partition coefficient (Wildman–Crippen LogP) is 2.17. The van der Waals surface area contributed by atoms with Crippen molar-refractivity contribution < 1.29 is 14.4 Å². The molecule has 8 heteroatoms. The van der Waals surface area contributed by atoms with Crippen LogP contribution in [0.3, 0.4) is 0 Å². The maximum absolute atomic E-state index is 12.8. The molecule has 0 unspecified atom stereocenters. The summed E-state index contributed by atoms with van der Waals surface area (Å²) < 4.78 is 0. The number of imide groups is 1. The van der Waals surface area contributed by atoms with Gasteiger partial charge in [0.1, 0.15) is 12.1 Å². The Balaban J connectivity index is 1.71. The van der Waals surface area contributed by atoms with Crippen molar-refractivity contribution in [2.24, 2.45) is 5.92 Å². The lowest BCUT2D eigenvalue weighted by molar-refractivity contribution is -0.136. The Bertz CT molecular complexity index is 696. The van der Waals surface area contributed by atoms with Gasteiger partial charge in [-0.15, -0.1) is 0 Å². The molecular weight excluding hydrogens is 332 g/mol. The van der Waals surface area contributed by atoms with Gasteiger partial charge in [-0.05, 0) is 30.9 Å². The lowest BCUT2D eigenvalue weighted by atomic mass is 9.73. The third-order valence-corrected chi connectivity index (χ3v) is 5.14. The summed E-state index contributed by atoms with van der Waals surface area (Å²) in [6.07, 6.45) is 4.94. The Kier molecular flexibility index (Phi) is 4.45. The molecule has 1 saturated carbocycles. The van der Waals surface area contributed by atoms with Gasteiger partial charge in [0, 0.05) is 6.20 Å². The van der Waals surface area contributed by atoms with Gasteiger partial charge in [-0.1, -0.05) is 31.4 Å². The van der Waals surface area contributed by atoms with E-state index in [9.17, 15) is 14.4 Å². The van der Waals surface area contributed by atoms with Crippen LogP contribution in [-0.2, 0) is 9.59 Å². The van der Waals surface area contributed by atoms with Crippen molar-refractivity contribution in [3.05, 3.63) is 23.5 Å². The van der Waals surface area contributed by atoms with Crippen LogP contribution in [0.1, 0.15) is 32.6 Å². The van der Waals surface area contributed by atoms with Crippen LogP contribution >= 0.6 is 11.6 Å². The topological polar surface area (TPSA) is 91.4 Å². The van der Waals surface area contributed by atoms with E-state index < -0.39 is 17.5 Å². The van der Waals surface area contributed by atoms with Crippen LogP contribution in [-0.4, -0.2) is 39.8 Å². The van der Waals surface area contributed by atoms with E-state index in [1.54, 1.807) is 12.1 Å². The number of hydrogen-bond acceptors (Lipinski definition) is 4. The highest BCUT2D eigenvalue weighted by Gasteiger charge is 2.55. The first-order valence-corrected chi connectivity index (χ1v) is 8.36. The quantitative estimate of drug-likeness (QED) is 0.645. The van der Waals surface area contributed by atoms with E-state index in [1.807, 2.05) is 6.92 Å². The number of nitrogens with one attached hydrogen (secondary N) is 2. The standard InChI is InChI=1S/C16H19ClN4O3/c1-10-5-2-3-7-16(10)14(23)21(15(24)20-16)9-12(22)19-11-6-4-8-18-13(11)17/h4,6,8,10H,2-3,5,7,9H2,1H3,(H,19,22)(H,20,24)/t10-,16+/m1/s1. The first kappa shape index (κ1) is 16.7. The molecule has 2 atom stereocenters. The number of pyridine rings is 1. The first-order valence-electron chi connectivity index (χ1n) is 7.98. The smallest absolute Gasteiger partial charge is 0.323 e. The number of carbonyl (C=O) groups is 3. The zero-order valence-electron chi connectivity index (χ0n) is 13.3. The number of urea groups is 1. The molecule has 2 aliphatic rings. The van der Waals surface area contributed by atoms with Crippen molar-refractivity contribution in [2.45, 2.75) is 38.1 Å². The van der Waals surface area contributed by atoms with Crippen LogP contribution in [0.4, 0.5) is 10.5 Å². The van der Waals surface area contributed by atoms with Crippen LogP contribution in [0, 0.1) is 5.92 Å². The summed E-state index contributed by atoms with van der Waals surface area (Å²) in [4.78, 5) is 42.1. The van der Waals surface area contributed by atoms with Gasteiger partial charge < -0.3 is 10.6 Å². The molecule has 1 aliphatic carbocycles. The van der Waals surface area contributed by atoms with E-state index in [4.69, 9.17) is 11.6 Å². The van der Waals surface area contributed by atoms with E-state index in [0.29, 0.717) is 12.1 Å². The molecule has 2 fully saturated rings. The third-order valence-electron chi connectivity index (χ3n) is 4.84. The molecule has 7 nitrogen and oxygen atoms in total. The molecule has 2 heterocycles. The average Bonchev–Trinajstić information content (AvgIpc) is 2.78. The number of amides is 4. The van der Waals surface area contributed by atoms with Crippen LogP contribution in [0.5, 0.6) is 0 Å². The lowest BCUT2D eigenvalue weighted by Gasteiger charge is -2.36. The van der Waals surface area contributed by atoms with Gasteiger partial charge in [-0.2, -0.15) is 0 Å². The maximum Gasteiger partial charge on any atom is 0.325 e. The minimum atomic E-state index is -0.860. The zero-order chi connectivity index (χ0) is 17.3. The SMILES string of the molecule is C[C@@H]1CCCC[C@]12NC(=O)N(CC(=O)Nc1cccnc1Cl)C2=O. The minimum Gasteiger partial charge on any atom is -0.323 e. The van der Waals surface area contributed by atoms with Gasteiger partial charge in [-0.3, -0.25) is 14.5 Å². The molecule has 0 radical (unpaired) electrons. The van der Waals surface area contributed by atoms with E-state index in [1.165, 1.54) is 6.20 Å². The Labute approximate surface area is 144 Å². The van der Waals surface area contributed by atoms with Gasteiger partial charge in [-0.25, -0.2) is 9.78 Å². The summed E-state index contributed by atoms with van der Waals surface area (Å²) in [5.74, 6) is -0.746. The van der Waals surface area contributed by atoms with E-state index >= 15 is 0 Å². The minimum absolute atomic E-state index is 0.0588. The van der Waals surface area contributed by atoms with Crippen molar-refractivity contribution in [3.8, 4) is 0 Å². The fourth-order valence-electron chi connectivity index (χ4n) is 3.45. The van der Waals surface area contributed by atoms with E-state index in [2.05, 4.69) is 15.6 Å². The van der Waals surface area contributed by atoms with Crippen molar-refractivity contribution >= 4 is 35.1 Å². The molecule has 1 aromatic heterocycles. The highest BCUT2D eigenvalue weighted by Crippen LogP contribution is 2.38. The van der Waals surface area contributed by atoms with Gasteiger partial charge in [0.05, 0.1) is 5.69 Å². The maximum atomic E-state index is 12.8. The molecule has 24 heavy (non-hydrogen) atoms. The number of nitrogens with zero attached hydrogens (tertiary/aromatic N) is 2. The Morgan fingerprint density at radius 2 is 2.29 bits per heavy atom. The summed E-state index contributed by atoms with van der Waals surface area (Å²) in [7, 11) is 0. The van der Waals surface area contributed by atoms with E-state index in [0.717, 1.165) is 24.2 Å². The average molecular weight is 351 g/mol. The van der Waals surface area contributed by atoms with Crippen molar-refractivity contribution in [1.29, 1.82) is 0 Å². The summed E-state index contributed by atoms with van der Waals surface area (Å²) in [5.41, 5.74) is -0.515. The van der Waals surface area contributed by atoms with Crippen LogP contribution in [0.15, 0.2) is 18.3 Å². The number of carbonyl (C=O) groups excluding carboxylic acids is 3. The predicted molar refractivity (Wildman–Crippen MR) is 88.5 cm³/mol. The van der Waals surface area contributed by atoms with E-state index in [-0.39, 0.29) is 23.5 Å². The molecule has 4 amide bonds. The third kappa shape index (κ3) is 2.84. The molecule has 3 rings (SSSR count). The molecule has 1 aliphatic heterocycles. The number of halogens is 1. The number of rotatable bonds is 3. The van der Waals surface area contributed by atoms with Crippen molar-refractivity contribution in [2.75, 3.05) is 11.9 Å². The molecule has 0 aromatic carbocycles. The molecule has 1 spiro atoms. The van der Waals surface area contributed by atoms with Crippen molar-refractivity contribution in [3.63, 3.8) is 0 Å². The Hall–Kier alpha value is -2.15. The molecule has 0 bridgehead atoms. The number of hydrogen-bond donors (Lipinski definition) is 2. The highest BCUT2D eigenvalue weighted by atomic mass is 35.5. The number of aromatic nitrogens is 1. The monoisotopic (exact) mass is 350 g/mol. The van der Waals surface area contributed by atoms with Gasteiger partial charge in [0.2, 0.25) is 5.91 Å². The molecule has 1 saturated heterocycles. The molecular formula is C16H19ClN4O3. The molecule has 1 aromatic rings. The second-order valence-electron chi connectivity index (χ2n) is 6.33. The fourth-order valence-corrected chi connectivity index (χ4v) is 3.62. The van der Waals surface area contributed by atoms with Crippen LogP contribution < -0.4 is 10.6 Å². The first-order chi connectivity index (χ1) is 11.4. The van der Waals surface area contributed by atoms with Gasteiger partial charge in [0.15, 0.2) is 5.15 Å². The fraction of sp³-hybridized carbons (Fsp3) is 0.500. The molecule has 128 valence electrons. The second-order valence-corrected chi connectivity index (χ2v) is 6.69. The lowest BCUT2D eigenvalue weighted by Crippen LogP contribution is -2.54. The summed E-state index contributed by atoms with van der Waals surface area (Å²) in [6, 6.07) is 2.72.